The average molecular weight is 354 g/mol. The fourth-order valence-electron chi connectivity index (χ4n) is 2.48. The highest BCUT2D eigenvalue weighted by molar-refractivity contribution is 5.79. The zero-order valence-corrected chi connectivity index (χ0v) is 16.0. The predicted molar refractivity (Wildman–Crippen MR) is 108 cm³/mol. The Morgan fingerprint density at radius 3 is 2.77 bits per heavy atom. The Labute approximate surface area is 156 Å². The van der Waals surface area contributed by atoms with Crippen LogP contribution in [-0.2, 0) is 11.3 Å². The van der Waals surface area contributed by atoms with E-state index in [-0.39, 0.29) is 0 Å². The van der Waals surface area contributed by atoms with E-state index < -0.39 is 0 Å². The van der Waals surface area contributed by atoms with Crippen molar-refractivity contribution < 1.29 is 4.74 Å². The maximum absolute atomic E-state index is 5.59. The first-order valence-electron chi connectivity index (χ1n) is 9.21. The van der Waals surface area contributed by atoms with Gasteiger partial charge in [0.2, 0.25) is 0 Å². The Balaban J connectivity index is 1.76. The van der Waals surface area contributed by atoms with Gasteiger partial charge < -0.3 is 15.4 Å². The molecule has 26 heavy (non-hydrogen) atoms. The smallest absolute Gasteiger partial charge is 0.191 e. The molecule has 1 aromatic carbocycles. The van der Waals surface area contributed by atoms with E-state index in [0.29, 0.717) is 12.5 Å². The van der Waals surface area contributed by atoms with Crippen molar-refractivity contribution in [2.75, 3.05) is 26.8 Å². The van der Waals surface area contributed by atoms with Crippen molar-refractivity contribution in [2.45, 2.75) is 26.8 Å². The number of rotatable bonds is 9. The van der Waals surface area contributed by atoms with E-state index >= 15 is 0 Å². The molecule has 140 valence electrons. The monoisotopic (exact) mass is 354 g/mol. The number of aliphatic imine (C=N–C) groups is 1. The van der Waals surface area contributed by atoms with Gasteiger partial charge >= 0.3 is 0 Å². The van der Waals surface area contributed by atoms with Gasteiger partial charge in [0.15, 0.2) is 5.96 Å². The molecule has 0 atom stereocenters. The van der Waals surface area contributed by atoms with Crippen LogP contribution < -0.4 is 10.6 Å². The lowest BCUT2D eigenvalue weighted by Gasteiger charge is -2.13. The van der Waals surface area contributed by atoms with E-state index in [9.17, 15) is 0 Å². The molecule has 0 saturated carbocycles. The van der Waals surface area contributed by atoms with Crippen molar-refractivity contribution in [3.63, 3.8) is 0 Å². The minimum Gasteiger partial charge on any atom is -0.381 e. The van der Waals surface area contributed by atoms with Gasteiger partial charge in [-0.15, -0.1) is 0 Å². The number of ether oxygens (including phenoxy) is 1. The largest absolute Gasteiger partial charge is 0.381 e. The Bertz CT molecular complexity index is 671. The number of guanidine groups is 1. The van der Waals surface area contributed by atoms with E-state index in [4.69, 9.17) is 4.74 Å². The normalized spacial score (nSPS) is 11.6. The van der Waals surface area contributed by atoms with Gasteiger partial charge in [-0.25, -0.2) is 0 Å². The van der Waals surface area contributed by atoms with Crippen LogP contribution in [0.5, 0.6) is 0 Å². The Morgan fingerprint density at radius 1 is 1.15 bits per heavy atom. The maximum Gasteiger partial charge on any atom is 0.191 e. The van der Waals surface area contributed by atoms with Crippen LogP contribution in [0.3, 0.4) is 0 Å². The quantitative estimate of drug-likeness (QED) is 0.411. The van der Waals surface area contributed by atoms with Gasteiger partial charge in [0, 0.05) is 45.1 Å². The molecule has 2 N–H and O–H groups in total. The van der Waals surface area contributed by atoms with Gasteiger partial charge in [0.25, 0.3) is 0 Å². The molecular weight excluding hydrogens is 324 g/mol. The molecule has 5 heteroatoms. The van der Waals surface area contributed by atoms with Crippen molar-refractivity contribution >= 4 is 5.96 Å². The molecule has 0 saturated heterocycles. The first-order valence-corrected chi connectivity index (χ1v) is 9.21. The topological polar surface area (TPSA) is 58.5 Å². The van der Waals surface area contributed by atoms with E-state index in [1.165, 1.54) is 5.56 Å². The lowest BCUT2D eigenvalue weighted by molar-refractivity contribution is 0.108. The molecule has 0 radical (unpaired) electrons. The second kappa shape index (κ2) is 11.3. The summed E-state index contributed by atoms with van der Waals surface area (Å²) in [5.74, 6) is 1.39. The molecule has 2 rings (SSSR count). The number of hydrogen-bond acceptors (Lipinski definition) is 3. The highest BCUT2D eigenvalue weighted by Gasteiger charge is 2.02. The molecule has 1 heterocycles. The fourth-order valence-corrected chi connectivity index (χ4v) is 2.48. The third-order valence-corrected chi connectivity index (χ3v) is 3.78. The third-order valence-electron chi connectivity index (χ3n) is 3.78. The summed E-state index contributed by atoms with van der Waals surface area (Å²) in [6, 6.07) is 14.4. The third kappa shape index (κ3) is 7.23. The van der Waals surface area contributed by atoms with Crippen LogP contribution >= 0.6 is 0 Å². The summed E-state index contributed by atoms with van der Waals surface area (Å²) >= 11 is 0. The first-order chi connectivity index (χ1) is 12.7. The zero-order chi connectivity index (χ0) is 18.6. The number of hydrogen-bond donors (Lipinski definition) is 2. The Kier molecular flexibility index (Phi) is 8.63. The second-order valence-corrected chi connectivity index (χ2v) is 6.59. The van der Waals surface area contributed by atoms with Crippen LogP contribution in [0.15, 0.2) is 53.7 Å². The van der Waals surface area contributed by atoms with Crippen molar-refractivity contribution in [3.05, 3.63) is 54.2 Å². The Hall–Kier alpha value is -2.40. The van der Waals surface area contributed by atoms with Gasteiger partial charge in [-0.2, -0.15) is 0 Å². The molecular formula is C21H30N4O. The number of aromatic nitrogens is 1. The van der Waals surface area contributed by atoms with Crippen molar-refractivity contribution in [1.82, 2.24) is 15.6 Å². The molecule has 0 spiro atoms. The summed E-state index contributed by atoms with van der Waals surface area (Å²) in [5.41, 5.74) is 3.30. The molecule has 0 amide bonds. The predicted octanol–water partition coefficient (Wildman–Crippen LogP) is 3.48. The number of nitrogens with one attached hydrogen (secondary N) is 2. The summed E-state index contributed by atoms with van der Waals surface area (Å²) in [7, 11) is 1.79. The van der Waals surface area contributed by atoms with Crippen molar-refractivity contribution in [2.24, 2.45) is 10.9 Å². The molecule has 5 nitrogen and oxygen atoms in total. The SMILES string of the molecule is CN=C(NCCCOCC(C)C)NCc1cccc(-c2ccccn2)c1. The molecule has 0 bridgehead atoms. The van der Waals surface area contributed by atoms with Crippen LogP contribution in [0, 0.1) is 5.92 Å². The number of benzene rings is 1. The molecule has 2 aromatic rings. The number of nitrogens with zero attached hydrogens (tertiary/aromatic N) is 2. The second-order valence-electron chi connectivity index (χ2n) is 6.59. The summed E-state index contributed by atoms with van der Waals surface area (Å²) in [6.45, 7) is 7.46. The van der Waals surface area contributed by atoms with Gasteiger partial charge in [-0.3, -0.25) is 9.98 Å². The first kappa shape index (κ1) is 19.9. The highest BCUT2D eigenvalue weighted by atomic mass is 16.5. The van der Waals surface area contributed by atoms with Gasteiger partial charge in [0.1, 0.15) is 0 Å². The minimum atomic E-state index is 0.583. The zero-order valence-electron chi connectivity index (χ0n) is 16.0. The minimum absolute atomic E-state index is 0.583. The fraction of sp³-hybridized carbons (Fsp3) is 0.429. The lowest BCUT2D eigenvalue weighted by Crippen LogP contribution is -2.37. The Morgan fingerprint density at radius 2 is 2.04 bits per heavy atom. The van der Waals surface area contributed by atoms with Crippen molar-refractivity contribution in [1.29, 1.82) is 0 Å². The van der Waals surface area contributed by atoms with E-state index in [1.807, 2.05) is 24.4 Å². The molecule has 0 unspecified atom stereocenters. The van der Waals surface area contributed by atoms with Crippen LogP contribution in [0.2, 0.25) is 0 Å². The van der Waals surface area contributed by atoms with E-state index in [2.05, 4.69) is 58.7 Å². The summed E-state index contributed by atoms with van der Waals surface area (Å²) in [6.07, 6.45) is 2.78. The van der Waals surface area contributed by atoms with Crippen LogP contribution in [0.1, 0.15) is 25.8 Å². The van der Waals surface area contributed by atoms with Gasteiger partial charge in [-0.1, -0.05) is 38.1 Å². The summed E-state index contributed by atoms with van der Waals surface area (Å²) in [5, 5.41) is 6.67. The molecule has 0 fully saturated rings. The molecule has 0 aliphatic carbocycles. The molecule has 0 aliphatic rings. The standard InChI is InChI=1S/C21H30N4O/c1-17(2)16-26-13-7-12-24-21(22-3)25-15-18-8-6-9-19(14-18)20-10-4-5-11-23-20/h4-6,8-11,14,17H,7,12-13,15-16H2,1-3H3,(H2,22,24,25). The van der Waals surface area contributed by atoms with Crippen LogP contribution in [0.4, 0.5) is 0 Å². The lowest BCUT2D eigenvalue weighted by atomic mass is 10.1. The van der Waals surface area contributed by atoms with E-state index in [0.717, 1.165) is 43.4 Å². The van der Waals surface area contributed by atoms with Crippen molar-refractivity contribution in [3.8, 4) is 11.3 Å². The maximum atomic E-state index is 5.59. The van der Waals surface area contributed by atoms with Crippen LogP contribution in [0.25, 0.3) is 11.3 Å². The highest BCUT2D eigenvalue weighted by Crippen LogP contribution is 2.17. The molecule has 0 aliphatic heterocycles. The van der Waals surface area contributed by atoms with Gasteiger partial charge in [0.05, 0.1) is 5.69 Å². The van der Waals surface area contributed by atoms with Crippen LogP contribution in [-0.4, -0.2) is 37.7 Å². The molecule has 1 aromatic heterocycles. The summed E-state index contributed by atoms with van der Waals surface area (Å²) < 4.78 is 5.59. The number of pyridine rings is 1. The van der Waals surface area contributed by atoms with Gasteiger partial charge in [-0.05, 0) is 36.1 Å². The summed E-state index contributed by atoms with van der Waals surface area (Å²) in [4.78, 5) is 8.68. The van der Waals surface area contributed by atoms with E-state index in [1.54, 1.807) is 7.05 Å². The average Bonchev–Trinajstić information content (AvgIpc) is 2.67.